The lowest BCUT2D eigenvalue weighted by atomic mass is 9.36. The van der Waals surface area contributed by atoms with E-state index in [2.05, 4.69) is 10.6 Å². The minimum absolute atomic E-state index is 0.195. The molecule has 2 N–H and O–H groups in total. The SMILES string of the molecule is CC(C(=O)Nc1ccc(F)cc1)C12CC(NC(=O)c3cc(F)c(F)c(F)c3)(C1)C2. The molecule has 0 heterocycles. The van der Waals surface area contributed by atoms with E-state index in [-0.39, 0.29) is 22.8 Å². The van der Waals surface area contributed by atoms with Crippen molar-refractivity contribution in [3.05, 3.63) is 65.2 Å². The molecule has 5 rings (SSSR count). The van der Waals surface area contributed by atoms with Gasteiger partial charge in [-0.05, 0) is 61.1 Å². The highest BCUT2D eigenvalue weighted by Gasteiger charge is 2.71. The molecule has 2 bridgehead atoms. The molecule has 2 aromatic carbocycles. The Morgan fingerprint density at radius 1 is 0.966 bits per heavy atom. The van der Waals surface area contributed by atoms with E-state index in [1.54, 1.807) is 6.92 Å². The summed E-state index contributed by atoms with van der Waals surface area (Å²) in [6.07, 6.45) is 1.70. The molecule has 3 saturated carbocycles. The Kier molecular flexibility index (Phi) is 4.40. The summed E-state index contributed by atoms with van der Waals surface area (Å²) in [5.41, 5.74) is -0.556. The van der Waals surface area contributed by atoms with Crippen molar-refractivity contribution in [3.63, 3.8) is 0 Å². The average Bonchev–Trinajstić information content (AvgIpc) is 2.62. The first-order valence-corrected chi connectivity index (χ1v) is 9.17. The second kappa shape index (κ2) is 6.57. The van der Waals surface area contributed by atoms with Crippen LogP contribution in [-0.4, -0.2) is 17.4 Å². The van der Waals surface area contributed by atoms with Crippen LogP contribution in [0.25, 0.3) is 0 Å². The number of hydrogen-bond donors (Lipinski definition) is 2. The standard InChI is InChI=1S/C21H18F4N2O2/c1-11(18(28)26-14-4-2-13(22)3-5-14)20-8-21(9-20,10-20)27-19(29)12-6-15(23)17(25)16(24)7-12/h2-7,11H,8-10H2,1H3,(H,26,28)(H,27,29). The van der Waals surface area contributed by atoms with Crippen LogP contribution in [-0.2, 0) is 4.79 Å². The Hall–Kier alpha value is -2.90. The van der Waals surface area contributed by atoms with E-state index in [4.69, 9.17) is 0 Å². The van der Waals surface area contributed by atoms with Crippen LogP contribution in [0.2, 0.25) is 0 Å². The Labute approximate surface area is 164 Å². The highest BCUT2D eigenvalue weighted by Crippen LogP contribution is 2.70. The summed E-state index contributed by atoms with van der Waals surface area (Å²) < 4.78 is 52.7. The van der Waals surface area contributed by atoms with Gasteiger partial charge in [0, 0.05) is 22.7 Å². The Morgan fingerprint density at radius 2 is 1.52 bits per heavy atom. The van der Waals surface area contributed by atoms with E-state index in [1.807, 2.05) is 0 Å². The third-order valence-electron chi connectivity index (χ3n) is 6.12. The van der Waals surface area contributed by atoms with E-state index in [9.17, 15) is 27.2 Å². The van der Waals surface area contributed by atoms with Crippen LogP contribution < -0.4 is 10.6 Å². The monoisotopic (exact) mass is 406 g/mol. The maximum atomic E-state index is 13.3. The number of nitrogens with one attached hydrogen (secondary N) is 2. The maximum absolute atomic E-state index is 13.3. The molecule has 2 aromatic rings. The van der Waals surface area contributed by atoms with Gasteiger partial charge >= 0.3 is 0 Å². The lowest BCUT2D eigenvalue weighted by Crippen LogP contribution is -2.77. The van der Waals surface area contributed by atoms with Gasteiger partial charge in [0.25, 0.3) is 5.91 Å². The number of carbonyl (C=O) groups excluding carboxylic acids is 2. The minimum atomic E-state index is -1.62. The largest absolute Gasteiger partial charge is 0.347 e. The third-order valence-corrected chi connectivity index (χ3v) is 6.12. The molecule has 3 aliphatic rings. The van der Waals surface area contributed by atoms with Crippen molar-refractivity contribution in [2.75, 3.05) is 5.32 Å². The van der Waals surface area contributed by atoms with Gasteiger partial charge in [-0.25, -0.2) is 17.6 Å². The summed E-state index contributed by atoms with van der Waals surface area (Å²) in [6, 6.07) is 6.79. The molecule has 0 radical (unpaired) electrons. The molecule has 0 spiro atoms. The Balaban J connectivity index is 1.35. The van der Waals surface area contributed by atoms with Crippen molar-refractivity contribution < 1.29 is 27.2 Å². The van der Waals surface area contributed by atoms with E-state index in [0.717, 1.165) is 0 Å². The molecule has 1 unspecified atom stereocenters. The number of rotatable bonds is 5. The van der Waals surface area contributed by atoms with Crippen LogP contribution in [0.15, 0.2) is 36.4 Å². The van der Waals surface area contributed by atoms with E-state index in [1.165, 1.54) is 24.3 Å². The van der Waals surface area contributed by atoms with Gasteiger partial charge in [-0.2, -0.15) is 0 Å². The molecule has 0 aromatic heterocycles. The number of anilines is 1. The Bertz CT molecular complexity index is 963. The summed E-state index contributed by atoms with van der Waals surface area (Å²) in [5.74, 6) is -6.06. The minimum Gasteiger partial charge on any atom is -0.347 e. The fraction of sp³-hybridized carbons (Fsp3) is 0.333. The zero-order chi connectivity index (χ0) is 21.0. The van der Waals surface area contributed by atoms with Crippen molar-refractivity contribution in [2.45, 2.75) is 31.7 Å². The number of benzene rings is 2. The van der Waals surface area contributed by atoms with Crippen LogP contribution in [0.4, 0.5) is 23.2 Å². The topological polar surface area (TPSA) is 58.2 Å². The van der Waals surface area contributed by atoms with Crippen molar-refractivity contribution in [1.29, 1.82) is 0 Å². The van der Waals surface area contributed by atoms with E-state index >= 15 is 0 Å². The highest BCUT2D eigenvalue weighted by molar-refractivity contribution is 5.96. The van der Waals surface area contributed by atoms with Gasteiger partial charge in [0.15, 0.2) is 17.5 Å². The molecular formula is C21H18F4N2O2. The molecule has 0 aliphatic heterocycles. The van der Waals surface area contributed by atoms with Crippen molar-refractivity contribution in [2.24, 2.45) is 11.3 Å². The molecule has 3 fully saturated rings. The molecule has 0 saturated heterocycles. The predicted octanol–water partition coefficient (Wildman–Crippen LogP) is 4.17. The van der Waals surface area contributed by atoms with Gasteiger partial charge in [-0.15, -0.1) is 0 Å². The Morgan fingerprint density at radius 3 is 2.07 bits per heavy atom. The second-order valence-electron chi connectivity index (χ2n) is 8.10. The van der Waals surface area contributed by atoms with Gasteiger partial charge in [0.1, 0.15) is 5.82 Å². The van der Waals surface area contributed by atoms with Crippen LogP contribution in [0.5, 0.6) is 0 Å². The number of hydrogen-bond acceptors (Lipinski definition) is 2. The molecule has 2 amide bonds. The molecule has 29 heavy (non-hydrogen) atoms. The van der Waals surface area contributed by atoms with Gasteiger partial charge in [-0.3, -0.25) is 9.59 Å². The van der Waals surface area contributed by atoms with Crippen molar-refractivity contribution >= 4 is 17.5 Å². The summed E-state index contributed by atoms with van der Waals surface area (Å²) >= 11 is 0. The van der Waals surface area contributed by atoms with Crippen LogP contribution >= 0.6 is 0 Å². The van der Waals surface area contributed by atoms with Crippen molar-refractivity contribution in [1.82, 2.24) is 5.32 Å². The summed E-state index contributed by atoms with van der Waals surface area (Å²) in [4.78, 5) is 24.8. The number of halogens is 4. The van der Waals surface area contributed by atoms with Crippen LogP contribution in [0.3, 0.4) is 0 Å². The van der Waals surface area contributed by atoms with Gasteiger partial charge in [-0.1, -0.05) is 6.92 Å². The summed E-state index contributed by atoms with van der Waals surface area (Å²) in [7, 11) is 0. The lowest BCUT2D eigenvalue weighted by molar-refractivity contribution is -0.184. The highest BCUT2D eigenvalue weighted by atomic mass is 19.2. The van der Waals surface area contributed by atoms with E-state index in [0.29, 0.717) is 37.1 Å². The van der Waals surface area contributed by atoms with Crippen molar-refractivity contribution in [3.8, 4) is 0 Å². The molecule has 4 nitrogen and oxygen atoms in total. The third kappa shape index (κ3) is 3.26. The van der Waals surface area contributed by atoms with Crippen LogP contribution in [0, 0.1) is 34.6 Å². The summed E-state index contributed by atoms with van der Waals surface area (Å²) in [6.45, 7) is 1.80. The predicted molar refractivity (Wildman–Crippen MR) is 97.0 cm³/mol. The first kappa shape index (κ1) is 19.4. The van der Waals surface area contributed by atoms with Gasteiger partial charge in [0.05, 0.1) is 0 Å². The first-order valence-electron chi connectivity index (χ1n) is 9.17. The average molecular weight is 406 g/mol. The second-order valence-corrected chi connectivity index (χ2v) is 8.10. The molecule has 1 atom stereocenters. The smallest absolute Gasteiger partial charge is 0.251 e. The number of amides is 2. The van der Waals surface area contributed by atoms with Gasteiger partial charge in [0.2, 0.25) is 5.91 Å². The van der Waals surface area contributed by atoms with Gasteiger partial charge < -0.3 is 10.6 Å². The molecular weight excluding hydrogens is 388 g/mol. The fourth-order valence-corrected chi connectivity index (χ4v) is 4.52. The first-order chi connectivity index (χ1) is 13.6. The summed E-state index contributed by atoms with van der Waals surface area (Å²) in [5, 5.41) is 5.51. The van der Waals surface area contributed by atoms with E-state index < -0.39 is 34.7 Å². The zero-order valence-electron chi connectivity index (χ0n) is 15.5. The fourth-order valence-electron chi connectivity index (χ4n) is 4.52. The normalized spacial score (nSPS) is 25.4. The molecule has 152 valence electrons. The lowest BCUT2D eigenvalue weighted by Gasteiger charge is -2.72. The zero-order valence-corrected chi connectivity index (χ0v) is 15.5. The molecule has 8 heteroatoms. The maximum Gasteiger partial charge on any atom is 0.251 e. The quantitative estimate of drug-likeness (QED) is 0.579. The van der Waals surface area contributed by atoms with Crippen LogP contribution in [0.1, 0.15) is 36.5 Å². The number of carbonyl (C=O) groups is 2. The molecule has 3 aliphatic carbocycles.